The van der Waals surface area contributed by atoms with Crippen molar-refractivity contribution in [2.45, 2.75) is 44.4 Å². The lowest BCUT2D eigenvalue weighted by molar-refractivity contribution is -0.0950. The summed E-state index contributed by atoms with van der Waals surface area (Å²) in [6.45, 7) is 4.20. The molecule has 0 unspecified atom stereocenters. The van der Waals surface area contributed by atoms with Gasteiger partial charge in [-0.25, -0.2) is 22.9 Å². The highest BCUT2D eigenvalue weighted by Crippen LogP contribution is 2.39. The van der Waals surface area contributed by atoms with Crippen LogP contribution in [0, 0.1) is 23.4 Å². The van der Waals surface area contributed by atoms with Gasteiger partial charge >= 0.3 is 6.09 Å². The molecule has 1 aromatic carbocycles. The van der Waals surface area contributed by atoms with Crippen molar-refractivity contribution in [1.29, 1.82) is 0 Å². The largest absolute Gasteiger partial charge is 0.465 e. The second kappa shape index (κ2) is 12.5. The Bertz CT molecular complexity index is 1410. The first kappa shape index (κ1) is 29.6. The van der Waals surface area contributed by atoms with Crippen molar-refractivity contribution in [1.82, 2.24) is 15.3 Å². The zero-order valence-electron chi connectivity index (χ0n) is 23.5. The van der Waals surface area contributed by atoms with E-state index < -0.39 is 40.4 Å². The number of nitrogens with zero attached hydrogens (tertiary/aromatic N) is 3. The van der Waals surface area contributed by atoms with Crippen LogP contribution in [-0.2, 0) is 21.6 Å². The minimum atomic E-state index is -1.07. The summed E-state index contributed by atoms with van der Waals surface area (Å²) >= 11 is 0. The van der Waals surface area contributed by atoms with Crippen molar-refractivity contribution in [2.24, 2.45) is 5.92 Å². The van der Waals surface area contributed by atoms with Crippen LogP contribution in [0.25, 0.3) is 11.3 Å². The minimum absolute atomic E-state index is 0.125. The molecule has 2 atom stereocenters. The maximum Gasteiger partial charge on any atom is 0.404 e. The zero-order valence-corrected chi connectivity index (χ0v) is 23.5. The van der Waals surface area contributed by atoms with Crippen LogP contribution in [0.5, 0.6) is 0 Å². The predicted octanol–water partition coefficient (Wildman–Crippen LogP) is 5.31. The summed E-state index contributed by atoms with van der Waals surface area (Å²) in [7, 11) is 1.50. The number of carboxylic acid groups (broad SMARTS) is 1. The highest BCUT2D eigenvalue weighted by atomic mass is 19.1. The van der Waals surface area contributed by atoms with Crippen molar-refractivity contribution >= 4 is 17.5 Å². The average Bonchev–Trinajstić information content (AvgIpc) is 2.97. The molecule has 224 valence electrons. The number of pyridine rings is 2. The quantitative estimate of drug-likeness (QED) is 0.327. The van der Waals surface area contributed by atoms with Crippen LogP contribution in [-0.4, -0.2) is 60.6 Å². The third-order valence-electron chi connectivity index (χ3n) is 7.99. The van der Waals surface area contributed by atoms with E-state index in [0.29, 0.717) is 49.5 Å². The van der Waals surface area contributed by atoms with Gasteiger partial charge in [0.15, 0.2) is 0 Å². The van der Waals surface area contributed by atoms with E-state index in [1.807, 2.05) is 6.07 Å². The minimum Gasteiger partial charge on any atom is -0.465 e. The SMILES string of the molecule is COC1(c2cc(F)c(-c3nc(CNc4cnccc4N4C[C@H](C)C[C@H](NC(=O)O)C4)ccc3F)c(F)c2)CCOCC1. The molecule has 12 heteroatoms. The van der Waals surface area contributed by atoms with Gasteiger partial charge in [-0.3, -0.25) is 4.98 Å². The fourth-order valence-electron chi connectivity index (χ4n) is 5.94. The van der Waals surface area contributed by atoms with E-state index in [-0.39, 0.29) is 18.5 Å². The number of carbonyl (C=O) groups is 1. The first-order valence-electron chi connectivity index (χ1n) is 13.9. The molecule has 2 saturated heterocycles. The Balaban J connectivity index is 1.37. The topological polar surface area (TPSA) is 109 Å². The number of hydrogen-bond acceptors (Lipinski definition) is 7. The summed E-state index contributed by atoms with van der Waals surface area (Å²) in [4.78, 5) is 21.8. The van der Waals surface area contributed by atoms with E-state index in [1.54, 1.807) is 12.4 Å². The maximum atomic E-state index is 15.4. The summed E-state index contributed by atoms with van der Waals surface area (Å²) in [5.41, 5.74) is 0.334. The normalized spacial score (nSPS) is 20.3. The molecule has 2 aliphatic heterocycles. The van der Waals surface area contributed by atoms with Gasteiger partial charge in [0, 0.05) is 58.5 Å². The Morgan fingerprint density at radius 3 is 2.57 bits per heavy atom. The highest BCUT2D eigenvalue weighted by Gasteiger charge is 2.36. The van der Waals surface area contributed by atoms with E-state index in [9.17, 15) is 14.3 Å². The monoisotopic (exact) mass is 585 g/mol. The number of nitrogens with one attached hydrogen (secondary N) is 2. The second-order valence-electron chi connectivity index (χ2n) is 10.9. The number of methoxy groups -OCH3 is 1. The molecule has 42 heavy (non-hydrogen) atoms. The number of piperidine rings is 1. The van der Waals surface area contributed by atoms with Gasteiger partial charge in [-0.05, 0) is 48.2 Å². The Labute approximate surface area is 242 Å². The van der Waals surface area contributed by atoms with Crippen molar-refractivity contribution in [3.63, 3.8) is 0 Å². The Kier molecular flexibility index (Phi) is 8.83. The van der Waals surface area contributed by atoms with Crippen LogP contribution in [0.1, 0.15) is 37.4 Å². The molecule has 2 aliphatic rings. The molecule has 0 saturated carbocycles. The zero-order chi connectivity index (χ0) is 29.9. The fourth-order valence-corrected chi connectivity index (χ4v) is 5.94. The van der Waals surface area contributed by atoms with Gasteiger partial charge < -0.3 is 30.1 Å². The van der Waals surface area contributed by atoms with Gasteiger partial charge in [0.1, 0.15) is 23.1 Å². The van der Waals surface area contributed by atoms with E-state index in [4.69, 9.17) is 9.47 Å². The van der Waals surface area contributed by atoms with E-state index >= 15 is 8.78 Å². The molecule has 3 N–H and O–H groups in total. The first-order valence-corrected chi connectivity index (χ1v) is 13.9. The standard InChI is InChI=1S/C30H34F3N5O4/c1-18-11-21(37-29(39)40)17-38(16-18)26-5-8-34-15-25(26)35-14-20-3-4-22(31)28(36-20)27-23(32)12-19(13-24(27)33)30(41-2)6-9-42-10-7-30/h3-5,8,12-13,15,18,21,35,37H,6-7,9-11,14,16-17H2,1-2H3,(H,39,40)/t18-,21+/m1/s1. The Hall–Kier alpha value is -3.90. The van der Waals surface area contributed by atoms with Crippen LogP contribution < -0.4 is 15.5 Å². The molecule has 9 nitrogen and oxygen atoms in total. The molecule has 1 amide bonds. The number of hydrogen-bond donors (Lipinski definition) is 3. The lowest BCUT2D eigenvalue weighted by Gasteiger charge is -2.38. The second-order valence-corrected chi connectivity index (χ2v) is 10.9. The van der Waals surface area contributed by atoms with Crippen LogP contribution in [0.4, 0.5) is 29.3 Å². The molecule has 4 heterocycles. The number of aromatic nitrogens is 2. The number of halogens is 3. The van der Waals surface area contributed by atoms with Gasteiger partial charge in [0.05, 0.1) is 41.0 Å². The molecule has 0 spiro atoms. The van der Waals surface area contributed by atoms with Gasteiger partial charge in [-0.2, -0.15) is 0 Å². The Morgan fingerprint density at radius 2 is 1.88 bits per heavy atom. The lowest BCUT2D eigenvalue weighted by atomic mass is 9.85. The first-order chi connectivity index (χ1) is 20.2. The number of ether oxygens (including phenoxy) is 2. The summed E-state index contributed by atoms with van der Waals surface area (Å²) in [6.07, 6.45) is 3.84. The molecule has 5 rings (SSSR count). The van der Waals surface area contributed by atoms with Crippen molar-refractivity contribution in [2.75, 3.05) is 43.6 Å². The predicted molar refractivity (Wildman–Crippen MR) is 151 cm³/mol. The molecule has 0 radical (unpaired) electrons. The van der Waals surface area contributed by atoms with Gasteiger partial charge in [0.2, 0.25) is 0 Å². The van der Waals surface area contributed by atoms with Crippen LogP contribution in [0.3, 0.4) is 0 Å². The van der Waals surface area contributed by atoms with Crippen molar-refractivity contribution in [3.05, 3.63) is 71.4 Å². The molecule has 0 aliphatic carbocycles. The van der Waals surface area contributed by atoms with E-state index in [1.165, 1.54) is 25.3 Å². The molecular formula is C30H34F3N5O4. The summed E-state index contributed by atoms with van der Waals surface area (Å²) < 4.78 is 56.8. The summed E-state index contributed by atoms with van der Waals surface area (Å²) in [5.74, 6) is -2.46. The molecular weight excluding hydrogens is 551 g/mol. The van der Waals surface area contributed by atoms with Crippen LogP contribution in [0.15, 0.2) is 42.7 Å². The van der Waals surface area contributed by atoms with E-state index in [0.717, 1.165) is 24.7 Å². The molecule has 2 fully saturated rings. The van der Waals surface area contributed by atoms with Gasteiger partial charge in [0.25, 0.3) is 0 Å². The van der Waals surface area contributed by atoms with Gasteiger partial charge in [-0.15, -0.1) is 0 Å². The average molecular weight is 586 g/mol. The molecule has 3 aromatic rings. The van der Waals surface area contributed by atoms with Crippen molar-refractivity contribution in [3.8, 4) is 11.3 Å². The van der Waals surface area contributed by atoms with Crippen molar-refractivity contribution < 1.29 is 32.5 Å². The number of amides is 1. The number of rotatable bonds is 8. The lowest BCUT2D eigenvalue weighted by Crippen LogP contribution is -2.50. The highest BCUT2D eigenvalue weighted by molar-refractivity contribution is 5.70. The smallest absolute Gasteiger partial charge is 0.404 e. The third-order valence-corrected chi connectivity index (χ3v) is 7.99. The summed E-state index contributed by atoms with van der Waals surface area (Å²) in [5, 5.41) is 15.0. The maximum absolute atomic E-state index is 15.4. The van der Waals surface area contributed by atoms with Crippen LogP contribution >= 0.6 is 0 Å². The number of benzene rings is 1. The Morgan fingerprint density at radius 1 is 1.14 bits per heavy atom. The van der Waals surface area contributed by atoms with E-state index in [2.05, 4.69) is 32.4 Å². The summed E-state index contributed by atoms with van der Waals surface area (Å²) in [6, 6.07) is 6.57. The van der Waals surface area contributed by atoms with Gasteiger partial charge in [-0.1, -0.05) is 6.92 Å². The number of anilines is 2. The van der Waals surface area contributed by atoms with Crippen LogP contribution in [0.2, 0.25) is 0 Å². The fraction of sp³-hybridized carbons (Fsp3) is 0.433. The molecule has 0 bridgehead atoms. The molecule has 2 aromatic heterocycles. The third kappa shape index (κ3) is 6.29.